The number of nitrogens with two attached hydrogens (primary N) is 1. The molecule has 10 heteroatoms. The fourth-order valence-electron chi connectivity index (χ4n) is 2.95. The van der Waals surface area contributed by atoms with Crippen LogP contribution in [-0.4, -0.2) is 34.5 Å². The Hall–Kier alpha value is -3.56. The van der Waals surface area contributed by atoms with Crippen LogP contribution in [0.3, 0.4) is 0 Å². The molecule has 0 spiro atoms. The zero-order valence-corrected chi connectivity index (χ0v) is 14.8. The average Bonchev–Trinajstić information content (AvgIpc) is 3.12. The molecular weight excluding hydrogens is 370 g/mol. The van der Waals surface area contributed by atoms with Crippen molar-refractivity contribution >= 4 is 29.1 Å². The molecule has 0 aromatic carbocycles. The van der Waals surface area contributed by atoms with E-state index in [0.29, 0.717) is 18.7 Å². The maximum absolute atomic E-state index is 14.5. The van der Waals surface area contributed by atoms with Gasteiger partial charge in [0.15, 0.2) is 11.6 Å². The SMILES string of the molecule is C=CC(=O)NC1CCCN1c1nc(Nc2ccc(F)nc2)c(F)cc1C(N)=O. The summed E-state index contributed by atoms with van der Waals surface area (Å²) in [5, 5.41) is 5.44. The van der Waals surface area contributed by atoms with Crippen LogP contribution in [0, 0.1) is 11.8 Å². The van der Waals surface area contributed by atoms with Gasteiger partial charge in [-0.2, -0.15) is 4.39 Å². The van der Waals surface area contributed by atoms with Crippen molar-refractivity contribution in [3.8, 4) is 0 Å². The van der Waals surface area contributed by atoms with Crippen molar-refractivity contribution in [1.29, 1.82) is 0 Å². The zero-order chi connectivity index (χ0) is 20.3. The van der Waals surface area contributed by atoms with Gasteiger partial charge < -0.3 is 21.3 Å². The Balaban J connectivity index is 1.98. The van der Waals surface area contributed by atoms with Gasteiger partial charge in [0.1, 0.15) is 12.0 Å². The van der Waals surface area contributed by atoms with Crippen LogP contribution in [0.4, 0.5) is 26.1 Å². The molecule has 1 aliphatic heterocycles. The van der Waals surface area contributed by atoms with Crippen LogP contribution >= 0.6 is 0 Å². The van der Waals surface area contributed by atoms with Gasteiger partial charge >= 0.3 is 0 Å². The van der Waals surface area contributed by atoms with E-state index in [1.54, 1.807) is 4.90 Å². The molecule has 8 nitrogen and oxygen atoms in total. The number of amides is 2. The number of anilines is 3. The van der Waals surface area contributed by atoms with Gasteiger partial charge in [0, 0.05) is 6.54 Å². The summed E-state index contributed by atoms with van der Waals surface area (Å²) in [6.07, 6.45) is 3.21. The highest BCUT2D eigenvalue weighted by molar-refractivity contribution is 5.98. The molecule has 3 heterocycles. The molecule has 0 bridgehead atoms. The van der Waals surface area contributed by atoms with E-state index in [-0.39, 0.29) is 23.1 Å². The second-order valence-electron chi connectivity index (χ2n) is 6.11. The van der Waals surface area contributed by atoms with Crippen molar-refractivity contribution in [2.45, 2.75) is 19.0 Å². The number of halogens is 2. The number of primary amides is 1. The Morgan fingerprint density at radius 1 is 1.36 bits per heavy atom. The molecule has 1 aliphatic rings. The van der Waals surface area contributed by atoms with Crippen LogP contribution in [0.25, 0.3) is 0 Å². The molecule has 0 aliphatic carbocycles. The molecule has 1 saturated heterocycles. The van der Waals surface area contributed by atoms with Gasteiger partial charge in [-0.1, -0.05) is 6.58 Å². The molecular formula is C18H18F2N6O2. The van der Waals surface area contributed by atoms with E-state index in [9.17, 15) is 18.4 Å². The van der Waals surface area contributed by atoms with Gasteiger partial charge in [-0.15, -0.1) is 0 Å². The lowest BCUT2D eigenvalue weighted by Gasteiger charge is -2.28. The number of carbonyl (C=O) groups is 2. The van der Waals surface area contributed by atoms with Crippen molar-refractivity contribution in [2.24, 2.45) is 5.73 Å². The second kappa shape index (κ2) is 7.99. The van der Waals surface area contributed by atoms with Gasteiger partial charge in [0.25, 0.3) is 5.91 Å². The quantitative estimate of drug-likeness (QED) is 0.514. The summed E-state index contributed by atoms with van der Waals surface area (Å²) in [7, 11) is 0. The molecule has 28 heavy (non-hydrogen) atoms. The molecule has 2 aromatic rings. The minimum atomic E-state index is -0.850. The number of carbonyl (C=O) groups excluding carboxylic acids is 2. The maximum atomic E-state index is 14.5. The summed E-state index contributed by atoms with van der Waals surface area (Å²) in [6.45, 7) is 3.90. The number of nitrogens with one attached hydrogen (secondary N) is 2. The molecule has 4 N–H and O–H groups in total. The Morgan fingerprint density at radius 3 is 2.79 bits per heavy atom. The third kappa shape index (κ3) is 4.05. The van der Waals surface area contributed by atoms with E-state index in [1.165, 1.54) is 12.3 Å². The largest absolute Gasteiger partial charge is 0.365 e. The summed E-state index contributed by atoms with van der Waals surface area (Å²) in [4.78, 5) is 32.9. The monoisotopic (exact) mass is 388 g/mol. The summed E-state index contributed by atoms with van der Waals surface area (Å²) < 4.78 is 27.4. The van der Waals surface area contributed by atoms with Crippen LogP contribution in [0.1, 0.15) is 23.2 Å². The Kier molecular flexibility index (Phi) is 5.48. The van der Waals surface area contributed by atoms with E-state index in [4.69, 9.17) is 5.73 Å². The molecule has 2 amide bonds. The van der Waals surface area contributed by atoms with Crippen LogP contribution < -0.4 is 21.3 Å². The van der Waals surface area contributed by atoms with E-state index in [0.717, 1.165) is 24.6 Å². The predicted octanol–water partition coefficient (Wildman–Crippen LogP) is 1.83. The second-order valence-corrected chi connectivity index (χ2v) is 6.11. The Labute approximate surface area is 159 Å². The minimum absolute atomic E-state index is 0.111. The summed E-state index contributed by atoms with van der Waals surface area (Å²) >= 11 is 0. The average molecular weight is 388 g/mol. The molecule has 146 valence electrons. The topological polar surface area (TPSA) is 113 Å². The van der Waals surface area contributed by atoms with Crippen LogP contribution in [0.15, 0.2) is 37.1 Å². The van der Waals surface area contributed by atoms with Crippen LogP contribution in [-0.2, 0) is 4.79 Å². The number of pyridine rings is 2. The first-order chi connectivity index (χ1) is 13.4. The zero-order valence-electron chi connectivity index (χ0n) is 14.8. The highest BCUT2D eigenvalue weighted by Gasteiger charge is 2.30. The van der Waals surface area contributed by atoms with Gasteiger partial charge in [-0.05, 0) is 37.1 Å². The lowest BCUT2D eigenvalue weighted by Crippen LogP contribution is -2.45. The molecule has 1 fully saturated rings. The Morgan fingerprint density at radius 2 is 2.14 bits per heavy atom. The third-order valence-electron chi connectivity index (χ3n) is 4.23. The van der Waals surface area contributed by atoms with Gasteiger partial charge in [-0.25, -0.2) is 14.4 Å². The standard InChI is InChI=1S/C18H18F2N6O2/c1-2-15(27)24-14-4-3-7-26(14)18-11(16(21)28)8-12(19)17(25-18)23-10-5-6-13(20)22-9-10/h2,5-6,8-9,14H,1,3-4,7H2,(H2,21,28)(H,23,25)(H,24,27). The van der Waals surface area contributed by atoms with E-state index < -0.39 is 23.8 Å². The highest BCUT2D eigenvalue weighted by atomic mass is 19.1. The van der Waals surface area contributed by atoms with E-state index >= 15 is 0 Å². The van der Waals surface area contributed by atoms with Crippen molar-refractivity contribution in [2.75, 3.05) is 16.8 Å². The minimum Gasteiger partial charge on any atom is -0.365 e. The molecule has 3 rings (SSSR count). The Bertz CT molecular complexity index is 919. The fraction of sp³-hybridized carbons (Fsp3) is 0.222. The first-order valence-electron chi connectivity index (χ1n) is 8.47. The normalized spacial score (nSPS) is 15.9. The summed E-state index contributed by atoms with van der Waals surface area (Å²) in [5.74, 6) is -2.77. The number of hydrogen-bond acceptors (Lipinski definition) is 6. The number of hydrogen-bond donors (Lipinski definition) is 3. The third-order valence-corrected chi connectivity index (χ3v) is 4.23. The summed E-state index contributed by atoms with van der Waals surface area (Å²) in [5.41, 5.74) is 5.59. The van der Waals surface area contributed by atoms with E-state index in [2.05, 4.69) is 27.2 Å². The van der Waals surface area contributed by atoms with Crippen molar-refractivity contribution in [3.05, 3.63) is 54.4 Å². The smallest absolute Gasteiger partial charge is 0.252 e. The van der Waals surface area contributed by atoms with E-state index in [1.807, 2.05) is 0 Å². The first-order valence-corrected chi connectivity index (χ1v) is 8.47. The predicted molar refractivity (Wildman–Crippen MR) is 98.9 cm³/mol. The maximum Gasteiger partial charge on any atom is 0.252 e. The lowest BCUT2D eigenvalue weighted by molar-refractivity contribution is -0.117. The van der Waals surface area contributed by atoms with Crippen molar-refractivity contribution in [3.63, 3.8) is 0 Å². The first kappa shape index (κ1) is 19.2. The molecule has 1 atom stereocenters. The van der Waals surface area contributed by atoms with Crippen LogP contribution in [0.2, 0.25) is 0 Å². The number of nitrogens with zero attached hydrogens (tertiary/aromatic N) is 3. The highest BCUT2D eigenvalue weighted by Crippen LogP contribution is 2.30. The molecule has 2 aromatic heterocycles. The van der Waals surface area contributed by atoms with Crippen LogP contribution in [0.5, 0.6) is 0 Å². The number of rotatable bonds is 6. The van der Waals surface area contributed by atoms with Gasteiger partial charge in [-0.3, -0.25) is 9.59 Å². The molecule has 1 unspecified atom stereocenters. The van der Waals surface area contributed by atoms with Crippen molar-refractivity contribution in [1.82, 2.24) is 15.3 Å². The lowest BCUT2D eigenvalue weighted by atomic mass is 10.2. The van der Waals surface area contributed by atoms with Gasteiger partial charge in [0.2, 0.25) is 11.9 Å². The number of aromatic nitrogens is 2. The summed E-state index contributed by atoms with van der Waals surface area (Å²) in [6, 6.07) is 3.46. The van der Waals surface area contributed by atoms with Gasteiger partial charge in [0.05, 0.1) is 17.4 Å². The molecule has 0 radical (unpaired) electrons. The fourth-order valence-corrected chi connectivity index (χ4v) is 2.95. The molecule has 0 saturated carbocycles. The van der Waals surface area contributed by atoms with Crippen molar-refractivity contribution < 1.29 is 18.4 Å².